The van der Waals surface area contributed by atoms with Gasteiger partial charge in [0, 0.05) is 0 Å². The summed E-state index contributed by atoms with van der Waals surface area (Å²) in [5, 5.41) is 21.7. The van der Waals surface area contributed by atoms with E-state index in [0.29, 0.717) is 0 Å². The molecule has 8 heteroatoms. The minimum absolute atomic E-state index is 0.104. The Morgan fingerprint density at radius 3 is 2.53 bits per heavy atom. The minimum atomic E-state index is -1.07. The quantitative estimate of drug-likeness (QED) is 0.720. The molecule has 0 spiro atoms. The van der Waals surface area contributed by atoms with Crippen molar-refractivity contribution in [3.8, 4) is 0 Å². The number of carbonyl (C=O) groups excluding carboxylic acids is 1. The largest absolute Gasteiger partial charge is 0.480 e. The van der Waals surface area contributed by atoms with E-state index >= 15 is 0 Å². The van der Waals surface area contributed by atoms with Crippen molar-refractivity contribution >= 4 is 11.9 Å². The number of hydrogen-bond acceptors (Lipinski definition) is 5. The summed E-state index contributed by atoms with van der Waals surface area (Å²) in [6.45, 7) is 5.11. The highest BCUT2D eigenvalue weighted by Crippen LogP contribution is 2.19. The first-order chi connectivity index (χ1) is 7.80. The zero-order chi connectivity index (χ0) is 13.1. The van der Waals surface area contributed by atoms with Crippen LogP contribution in [0.25, 0.3) is 0 Å². The second-order valence-corrected chi connectivity index (χ2v) is 4.71. The first-order valence-electron chi connectivity index (χ1n) is 5.03. The summed E-state index contributed by atoms with van der Waals surface area (Å²) >= 11 is 0. The molecular formula is C9H15N5O3. The molecule has 0 unspecified atom stereocenters. The standard InChI is InChI=1S/C9H15N5O3/c1-9(2,3)7(8(16)17)11-6(15)4-14-5-10-12-13-14/h5,7H,4H2,1-3H3,(H,11,15)(H,16,17)/t7-/m1/s1. The Morgan fingerprint density at radius 2 is 2.12 bits per heavy atom. The van der Waals surface area contributed by atoms with E-state index in [-0.39, 0.29) is 6.54 Å². The molecule has 0 aliphatic rings. The number of rotatable bonds is 4. The van der Waals surface area contributed by atoms with Crippen molar-refractivity contribution in [2.45, 2.75) is 33.4 Å². The Kier molecular flexibility index (Phi) is 3.77. The normalized spacial score (nSPS) is 13.1. The number of carboxylic acids is 1. The molecule has 0 aliphatic carbocycles. The number of nitrogens with one attached hydrogen (secondary N) is 1. The van der Waals surface area contributed by atoms with Crippen LogP contribution in [0.2, 0.25) is 0 Å². The van der Waals surface area contributed by atoms with E-state index in [0.717, 1.165) is 0 Å². The third kappa shape index (κ3) is 3.82. The fourth-order valence-electron chi connectivity index (χ4n) is 1.26. The van der Waals surface area contributed by atoms with Gasteiger partial charge in [-0.15, -0.1) is 5.10 Å². The van der Waals surface area contributed by atoms with Gasteiger partial charge in [0.25, 0.3) is 0 Å². The molecule has 17 heavy (non-hydrogen) atoms. The first-order valence-corrected chi connectivity index (χ1v) is 5.03. The number of hydrogen-bond donors (Lipinski definition) is 2. The molecule has 1 aromatic rings. The van der Waals surface area contributed by atoms with E-state index in [1.165, 1.54) is 11.0 Å². The third-order valence-corrected chi connectivity index (χ3v) is 2.12. The fourth-order valence-corrected chi connectivity index (χ4v) is 1.26. The van der Waals surface area contributed by atoms with Crippen molar-refractivity contribution in [3.05, 3.63) is 6.33 Å². The SMILES string of the molecule is CC(C)(C)[C@H](NC(=O)Cn1cnnn1)C(=O)O. The van der Waals surface area contributed by atoms with Crippen LogP contribution in [0.15, 0.2) is 6.33 Å². The summed E-state index contributed by atoms with van der Waals surface area (Å²) in [5.74, 6) is -1.51. The Bertz CT molecular complexity index is 395. The summed E-state index contributed by atoms with van der Waals surface area (Å²) < 4.78 is 1.22. The Morgan fingerprint density at radius 1 is 1.47 bits per heavy atom. The summed E-state index contributed by atoms with van der Waals surface area (Å²) in [5.41, 5.74) is -0.567. The number of nitrogens with zero attached hydrogens (tertiary/aromatic N) is 4. The Hall–Kier alpha value is -1.99. The van der Waals surface area contributed by atoms with Crippen LogP contribution >= 0.6 is 0 Å². The van der Waals surface area contributed by atoms with Crippen LogP contribution < -0.4 is 5.32 Å². The van der Waals surface area contributed by atoms with Crippen LogP contribution in [-0.4, -0.2) is 43.2 Å². The molecule has 0 aromatic carbocycles. The lowest BCUT2D eigenvalue weighted by atomic mass is 9.87. The monoisotopic (exact) mass is 241 g/mol. The van der Waals surface area contributed by atoms with Crippen LogP contribution in [0.4, 0.5) is 0 Å². The summed E-state index contributed by atoms with van der Waals surface area (Å²) in [6.07, 6.45) is 1.28. The lowest BCUT2D eigenvalue weighted by Crippen LogP contribution is -2.50. The second-order valence-electron chi connectivity index (χ2n) is 4.71. The molecule has 0 bridgehead atoms. The van der Waals surface area contributed by atoms with Crippen molar-refractivity contribution in [1.29, 1.82) is 0 Å². The molecule has 0 radical (unpaired) electrons. The number of aliphatic carboxylic acids is 1. The summed E-state index contributed by atoms with van der Waals surface area (Å²) in [7, 11) is 0. The van der Waals surface area contributed by atoms with E-state index in [9.17, 15) is 9.59 Å². The molecule has 1 aromatic heterocycles. The maximum Gasteiger partial charge on any atom is 0.326 e. The van der Waals surface area contributed by atoms with Gasteiger partial charge in [-0.05, 0) is 15.8 Å². The maximum absolute atomic E-state index is 11.6. The molecule has 2 N–H and O–H groups in total. The molecule has 0 aliphatic heterocycles. The highest BCUT2D eigenvalue weighted by Gasteiger charge is 2.32. The van der Waals surface area contributed by atoms with Crippen LogP contribution in [-0.2, 0) is 16.1 Å². The Balaban J connectivity index is 2.62. The average Bonchev–Trinajstić information content (AvgIpc) is 2.64. The van der Waals surface area contributed by atoms with Gasteiger partial charge < -0.3 is 10.4 Å². The number of tetrazole rings is 1. The predicted molar refractivity (Wildman–Crippen MR) is 56.8 cm³/mol. The van der Waals surface area contributed by atoms with Crippen molar-refractivity contribution in [2.24, 2.45) is 5.41 Å². The number of amides is 1. The predicted octanol–water partition coefficient (Wildman–Crippen LogP) is -0.711. The van der Waals surface area contributed by atoms with Crippen LogP contribution in [0.1, 0.15) is 20.8 Å². The number of carbonyl (C=O) groups is 2. The molecule has 0 saturated heterocycles. The van der Waals surface area contributed by atoms with Crippen molar-refractivity contribution in [3.63, 3.8) is 0 Å². The lowest BCUT2D eigenvalue weighted by Gasteiger charge is -2.27. The molecule has 1 heterocycles. The van der Waals surface area contributed by atoms with Gasteiger partial charge in [0.1, 0.15) is 18.9 Å². The molecule has 1 amide bonds. The van der Waals surface area contributed by atoms with Gasteiger partial charge in [-0.3, -0.25) is 4.79 Å². The van der Waals surface area contributed by atoms with Crippen molar-refractivity contribution in [1.82, 2.24) is 25.5 Å². The number of aromatic nitrogens is 4. The van der Waals surface area contributed by atoms with Crippen molar-refractivity contribution < 1.29 is 14.7 Å². The zero-order valence-electron chi connectivity index (χ0n) is 9.91. The van der Waals surface area contributed by atoms with Gasteiger partial charge in [0.2, 0.25) is 5.91 Å². The first kappa shape index (κ1) is 13.1. The second kappa shape index (κ2) is 4.89. The Labute approximate surface area is 98.0 Å². The molecule has 0 saturated carbocycles. The van der Waals surface area contributed by atoms with Crippen LogP contribution in [0, 0.1) is 5.41 Å². The lowest BCUT2D eigenvalue weighted by molar-refractivity contribution is -0.145. The van der Waals surface area contributed by atoms with Gasteiger partial charge in [0.15, 0.2) is 0 Å². The topological polar surface area (TPSA) is 110 Å². The van der Waals surface area contributed by atoms with Crippen LogP contribution in [0.3, 0.4) is 0 Å². The smallest absolute Gasteiger partial charge is 0.326 e. The van der Waals surface area contributed by atoms with E-state index < -0.39 is 23.3 Å². The van der Waals surface area contributed by atoms with Crippen molar-refractivity contribution in [2.75, 3.05) is 0 Å². The summed E-state index contributed by atoms with van der Waals surface area (Å²) in [4.78, 5) is 22.6. The summed E-state index contributed by atoms with van der Waals surface area (Å²) in [6, 6.07) is -0.952. The fraction of sp³-hybridized carbons (Fsp3) is 0.667. The molecule has 0 fully saturated rings. The van der Waals surface area contributed by atoms with E-state index in [4.69, 9.17) is 5.11 Å². The van der Waals surface area contributed by atoms with Crippen LogP contribution in [0.5, 0.6) is 0 Å². The molecule has 94 valence electrons. The third-order valence-electron chi connectivity index (χ3n) is 2.12. The highest BCUT2D eigenvalue weighted by atomic mass is 16.4. The number of carboxylic acid groups (broad SMARTS) is 1. The molecule has 8 nitrogen and oxygen atoms in total. The maximum atomic E-state index is 11.6. The van der Waals surface area contributed by atoms with E-state index in [1.807, 2.05) is 0 Å². The van der Waals surface area contributed by atoms with Gasteiger partial charge in [0.05, 0.1) is 0 Å². The van der Waals surface area contributed by atoms with Gasteiger partial charge >= 0.3 is 5.97 Å². The van der Waals surface area contributed by atoms with Gasteiger partial charge in [-0.1, -0.05) is 20.8 Å². The van der Waals surface area contributed by atoms with Gasteiger partial charge in [-0.2, -0.15) is 0 Å². The molecule has 1 rings (SSSR count). The van der Waals surface area contributed by atoms with Gasteiger partial charge in [-0.25, -0.2) is 9.48 Å². The average molecular weight is 241 g/mol. The van der Waals surface area contributed by atoms with E-state index in [1.54, 1.807) is 20.8 Å². The highest BCUT2D eigenvalue weighted by molar-refractivity contribution is 5.83. The molecule has 1 atom stereocenters. The minimum Gasteiger partial charge on any atom is -0.480 e. The zero-order valence-corrected chi connectivity index (χ0v) is 9.91. The van der Waals surface area contributed by atoms with E-state index in [2.05, 4.69) is 20.8 Å². The molecular weight excluding hydrogens is 226 g/mol.